The average molecular weight is 592 g/mol. The molecule has 0 spiro atoms. The number of benzene rings is 3. The standard InChI is InChI=1S/C26H21BrCl2N2O3S/c1-30(2)25(32)16-6-4-15(5-7-16)14-31-23-12-18(35-17-8-9-21(28)22(29)11-17)10-20(27)19(23)13-24(31)26(33)34-3/h4-13H,14H2,1-3H3. The van der Waals surface area contributed by atoms with E-state index in [1.807, 2.05) is 47.0 Å². The van der Waals surface area contributed by atoms with Crippen LogP contribution in [0.5, 0.6) is 0 Å². The van der Waals surface area contributed by atoms with E-state index in [0.29, 0.717) is 27.8 Å². The summed E-state index contributed by atoms with van der Waals surface area (Å²) in [5.41, 5.74) is 2.86. The van der Waals surface area contributed by atoms with E-state index in [9.17, 15) is 9.59 Å². The van der Waals surface area contributed by atoms with E-state index in [-0.39, 0.29) is 5.91 Å². The van der Waals surface area contributed by atoms with Gasteiger partial charge in [0.2, 0.25) is 0 Å². The second-order valence-corrected chi connectivity index (χ2v) is 10.8. The normalized spacial score (nSPS) is 11.0. The minimum absolute atomic E-state index is 0.0638. The SMILES string of the molecule is COC(=O)c1cc2c(Br)cc(Sc3ccc(Cl)c(Cl)c3)cc2n1Cc1ccc(C(=O)N(C)C)cc1. The van der Waals surface area contributed by atoms with Gasteiger partial charge in [0, 0.05) is 45.9 Å². The Morgan fingerprint density at radius 2 is 1.69 bits per heavy atom. The number of rotatable bonds is 6. The Hall–Kier alpha value is -2.45. The summed E-state index contributed by atoms with van der Waals surface area (Å²) in [5.74, 6) is -0.489. The minimum Gasteiger partial charge on any atom is -0.464 e. The van der Waals surface area contributed by atoms with Crippen molar-refractivity contribution in [2.24, 2.45) is 0 Å². The lowest BCUT2D eigenvalue weighted by molar-refractivity contribution is 0.0589. The van der Waals surface area contributed by atoms with Crippen molar-refractivity contribution in [3.8, 4) is 0 Å². The Balaban J connectivity index is 1.76. The number of hydrogen-bond acceptors (Lipinski definition) is 4. The van der Waals surface area contributed by atoms with Gasteiger partial charge in [0.05, 0.1) is 22.7 Å². The summed E-state index contributed by atoms with van der Waals surface area (Å²) in [6.45, 7) is 0.428. The van der Waals surface area contributed by atoms with Gasteiger partial charge in [-0.2, -0.15) is 0 Å². The second kappa shape index (κ2) is 10.7. The molecule has 1 heterocycles. The summed E-state index contributed by atoms with van der Waals surface area (Å²) in [7, 11) is 4.80. The van der Waals surface area contributed by atoms with Gasteiger partial charge in [-0.25, -0.2) is 4.79 Å². The predicted octanol–water partition coefficient (Wildman–Crippen LogP) is 7.40. The average Bonchev–Trinajstić information content (AvgIpc) is 3.19. The van der Waals surface area contributed by atoms with Crippen LogP contribution in [0.3, 0.4) is 0 Å². The highest BCUT2D eigenvalue weighted by Crippen LogP contribution is 2.38. The molecule has 1 amide bonds. The molecule has 0 aliphatic rings. The van der Waals surface area contributed by atoms with Gasteiger partial charge in [0.15, 0.2) is 0 Å². The van der Waals surface area contributed by atoms with Crippen LogP contribution in [0.1, 0.15) is 26.4 Å². The summed E-state index contributed by atoms with van der Waals surface area (Å²) in [6.07, 6.45) is 0. The molecule has 4 aromatic rings. The van der Waals surface area contributed by atoms with Crippen molar-refractivity contribution >= 4 is 73.7 Å². The van der Waals surface area contributed by atoms with Crippen LogP contribution in [0.25, 0.3) is 10.9 Å². The molecule has 0 unspecified atom stereocenters. The molecule has 0 aliphatic heterocycles. The Kier molecular flexibility index (Phi) is 7.81. The van der Waals surface area contributed by atoms with Crippen LogP contribution in [0.15, 0.2) is 74.9 Å². The molecular formula is C26H21BrCl2N2O3S. The maximum Gasteiger partial charge on any atom is 0.354 e. The lowest BCUT2D eigenvalue weighted by atomic mass is 10.1. The Bertz CT molecular complexity index is 1440. The van der Waals surface area contributed by atoms with Gasteiger partial charge in [-0.05, 0) is 54.1 Å². The number of methoxy groups -OCH3 is 1. The van der Waals surface area contributed by atoms with E-state index in [4.69, 9.17) is 27.9 Å². The molecule has 0 saturated carbocycles. The summed E-state index contributed by atoms with van der Waals surface area (Å²) < 4.78 is 7.83. The first-order valence-electron chi connectivity index (χ1n) is 10.5. The highest BCUT2D eigenvalue weighted by Gasteiger charge is 2.19. The molecular weight excluding hydrogens is 571 g/mol. The third-order valence-electron chi connectivity index (χ3n) is 5.41. The van der Waals surface area contributed by atoms with Gasteiger partial charge in [-0.1, -0.05) is 63.0 Å². The summed E-state index contributed by atoms with van der Waals surface area (Å²) in [4.78, 5) is 28.3. The van der Waals surface area contributed by atoms with Gasteiger partial charge in [0.25, 0.3) is 5.91 Å². The molecule has 4 rings (SSSR count). The van der Waals surface area contributed by atoms with E-state index >= 15 is 0 Å². The van der Waals surface area contributed by atoms with E-state index in [1.54, 1.807) is 44.1 Å². The first-order valence-corrected chi connectivity index (χ1v) is 12.9. The van der Waals surface area contributed by atoms with Gasteiger partial charge in [-0.3, -0.25) is 4.79 Å². The van der Waals surface area contributed by atoms with Crippen LogP contribution >= 0.6 is 50.9 Å². The zero-order valence-corrected chi connectivity index (χ0v) is 23.1. The van der Waals surface area contributed by atoms with Gasteiger partial charge in [0.1, 0.15) is 5.69 Å². The number of carbonyl (C=O) groups excluding carboxylic acids is 2. The quantitative estimate of drug-likeness (QED) is 0.219. The zero-order chi connectivity index (χ0) is 25.3. The summed E-state index contributed by atoms with van der Waals surface area (Å²) in [6, 6.07) is 18.7. The molecule has 0 N–H and O–H groups in total. The molecule has 1 aromatic heterocycles. The molecule has 0 atom stereocenters. The first kappa shape index (κ1) is 25.6. The van der Waals surface area contributed by atoms with Gasteiger partial charge in [-0.15, -0.1) is 0 Å². The first-order chi connectivity index (χ1) is 16.7. The molecule has 9 heteroatoms. The number of nitrogens with zero attached hydrogens (tertiary/aromatic N) is 2. The number of esters is 1. The van der Waals surface area contributed by atoms with Gasteiger partial charge < -0.3 is 14.2 Å². The maximum atomic E-state index is 12.6. The fraction of sp³-hybridized carbons (Fsp3) is 0.154. The van der Waals surface area contributed by atoms with E-state index in [1.165, 1.54) is 12.0 Å². The largest absolute Gasteiger partial charge is 0.464 e. The van der Waals surface area contributed by atoms with Crippen LogP contribution in [-0.4, -0.2) is 42.5 Å². The molecule has 180 valence electrons. The van der Waals surface area contributed by atoms with Crippen molar-refractivity contribution in [2.75, 3.05) is 21.2 Å². The van der Waals surface area contributed by atoms with Gasteiger partial charge >= 0.3 is 5.97 Å². The molecule has 0 fully saturated rings. The molecule has 0 aliphatic carbocycles. The second-order valence-electron chi connectivity index (χ2n) is 8.02. The molecule has 0 bridgehead atoms. The molecule has 35 heavy (non-hydrogen) atoms. The molecule has 5 nitrogen and oxygen atoms in total. The van der Waals surface area contributed by atoms with E-state index in [0.717, 1.165) is 30.7 Å². The Labute approximate surface area is 226 Å². The molecule has 0 radical (unpaired) electrons. The van der Waals surface area contributed by atoms with Crippen molar-refractivity contribution in [1.29, 1.82) is 0 Å². The predicted molar refractivity (Wildman–Crippen MR) is 145 cm³/mol. The smallest absolute Gasteiger partial charge is 0.354 e. The van der Waals surface area contributed by atoms with Crippen LogP contribution < -0.4 is 0 Å². The number of aromatic nitrogens is 1. The van der Waals surface area contributed by atoms with Crippen molar-refractivity contribution in [1.82, 2.24) is 9.47 Å². The highest BCUT2D eigenvalue weighted by molar-refractivity contribution is 9.10. The number of fused-ring (bicyclic) bond motifs is 1. The van der Waals surface area contributed by atoms with Crippen molar-refractivity contribution in [3.63, 3.8) is 0 Å². The monoisotopic (exact) mass is 590 g/mol. The van der Waals surface area contributed by atoms with Crippen LogP contribution in [0.4, 0.5) is 0 Å². The number of amides is 1. The maximum absolute atomic E-state index is 12.6. The zero-order valence-electron chi connectivity index (χ0n) is 19.1. The summed E-state index contributed by atoms with van der Waals surface area (Å²) >= 11 is 17.4. The number of hydrogen-bond donors (Lipinski definition) is 0. The number of halogens is 3. The third-order valence-corrected chi connectivity index (χ3v) is 7.77. The Morgan fingerprint density at radius 1 is 0.971 bits per heavy atom. The molecule has 3 aromatic carbocycles. The van der Waals surface area contributed by atoms with Crippen molar-refractivity contribution < 1.29 is 14.3 Å². The molecule has 0 saturated heterocycles. The van der Waals surface area contributed by atoms with Crippen LogP contribution in [0.2, 0.25) is 10.0 Å². The fourth-order valence-corrected chi connectivity index (χ4v) is 5.67. The highest BCUT2D eigenvalue weighted by atomic mass is 79.9. The number of ether oxygens (including phenoxy) is 1. The topological polar surface area (TPSA) is 51.5 Å². The minimum atomic E-state index is -0.425. The van der Waals surface area contributed by atoms with Crippen molar-refractivity contribution in [2.45, 2.75) is 16.3 Å². The van der Waals surface area contributed by atoms with Crippen molar-refractivity contribution in [3.05, 3.63) is 92.0 Å². The number of carbonyl (C=O) groups is 2. The fourth-order valence-electron chi connectivity index (χ4n) is 3.66. The lowest BCUT2D eigenvalue weighted by Gasteiger charge is -2.13. The summed E-state index contributed by atoms with van der Waals surface area (Å²) in [5, 5.41) is 1.88. The third kappa shape index (κ3) is 5.54. The van der Waals surface area contributed by atoms with Crippen LogP contribution in [-0.2, 0) is 11.3 Å². The van der Waals surface area contributed by atoms with E-state index < -0.39 is 5.97 Å². The Morgan fingerprint density at radius 3 is 2.31 bits per heavy atom. The van der Waals surface area contributed by atoms with E-state index in [2.05, 4.69) is 15.9 Å². The van der Waals surface area contributed by atoms with Crippen LogP contribution in [0, 0.1) is 0 Å². The lowest BCUT2D eigenvalue weighted by Crippen LogP contribution is -2.21.